The minimum absolute atomic E-state index is 0.204. The van der Waals surface area contributed by atoms with Crippen molar-refractivity contribution >= 4 is 28.6 Å². The minimum atomic E-state index is -0.261. The molecule has 0 N–H and O–H groups in total. The number of allylic oxidation sites excluding steroid dienone is 1. The number of para-hydroxylation sites is 1. The average molecular weight is 327 g/mol. The van der Waals surface area contributed by atoms with Crippen LogP contribution in [0.25, 0.3) is 5.57 Å². The van der Waals surface area contributed by atoms with Crippen molar-refractivity contribution in [1.29, 1.82) is 0 Å². The maximum absolute atomic E-state index is 12.2. The Kier molecular flexibility index (Phi) is 4.02. The summed E-state index contributed by atoms with van der Waals surface area (Å²) in [4.78, 5) is 16.1. The largest absolute Gasteiger partial charge is 0.440 e. The van der Waals surface area contributed by atoms with Gasteiger partial charge in [-0.2, -0.15) is 0 Å². The van der Waals surface area contributed by atoms with Crippen LogP contribution in [0.3, 0.4) is 0 Å². The number of hydrogen-bond acceptors (Lipinski definition) is 4. The van der Waals surface area contributed by atoms with Crippen LogP contribution in [-0.4, -0.2) is 18.2 Å². The molecule has 1 aliphatic rings. The lowest BCUT2D eigenvalue weighted by Gasteiger charge is -2.42. The lowest BCUT2D eigenvalue weighted by atomic mass is 9.89. The molecule has 0 amide bonds. The first-order chi connectivity index (χ1) is 10.9. The first-order valence-corrected chi connectivity index (χ1v) is 8.50. The van der Waals surface area contributed by atoms with E-state index >= 15 is 0 Å². The van der Waals surface area contributed by atoms with Crippen molar-refractivity contribution in [1.82, 2.24) is 0 Å². The molecule has 3 nitrogen and oxygen atoms in total. The Bertz CT molecular complexity index is 773. The Hall–Kier alpha value is -2.07. The van der Waals surface area contributed by atoms with Gasteiger partial charge in [-0.05, 0) is 51.5 Å². The summed E-state index contributed by atoms with van der Waals surface area (Å²) in [6.45, 7) is 8.62. The Morgan fingerprint density at radius 1 is 1.17 bits per heavy atom. The molecule has 0 aliphatic carbocycles. The van der Waals surface area contributed by atoms with E-state index in [-0.39, 0.29) is 18.2 Å². The van der Waals surface area contributed by atoms with Gasteiger partial charge in [0, 0.05) is 16.1 Å². The van der Waals surface area contributed by atoms with Crippen molar-refractivity contribution in [2.24, 2.45) is 0 Å². The van der Waals surface area contributed by atoms with Gasteiger partial charge in [-0.1, -0.05) is 24.3 Å². The monoisotopic (exact) mass is 327 g/mol. The summed E-state index contributed by atoms with van der Waals surface area (Å²) < 4.78 is 5.58. The smallest absolute Gasteiger partial charge is 0.350 e. The summed E-state index contributed by atoms with van der Waals surface area (Å²) in [5.41, 5.74) is 3.34. The Morgan fingerprint density at radius 3 is 2.61 bits per heavy atom. The Balaban J connectivity index is 1.83. The third-order valence-electron chi connectivity index (χ3n) is 4.15. The summed E-state index contributed by atoms with van der Waals surface area (Å²) in [5.74, 6) is -0.261. The topological polar surface area (TPSA) is 29.5 Å². The van der Waals surface area contributed by atoms with Crippen LogP contribution in [0, 0.1) is 6.92 Å². The number of carbonyl (C=O) groups is 1. The van der Waals surface area contributed by atoms with Crippen molar-refractivity contribution < 1.29 is 9.53 Å². The molecule has 3 rings (SSSR count). The van der Waals surface area contributed by atoms with Crippen molar-refractivity contribution in [3.8, 4) is 0 Å². The second-order valence-electron chi connectivity index (χ2n) is 6.40. The number of ether oxygens (including phenoxy) is 1. The van der Waals surface area contributed by atoms with E-state index in [0.717, 1.165) is 10.6 Å². The second kappa shape index (κ2) is 5.85. The molecule has 0 saturated carbocycles. The van der Waals surface area contributed by atoms with Gasteiger partial charge in [0.05, 0.1) is 5.54 Å². The van der Waals surface area contributed by atoms with Crippen molar-refractivity contribution in [3.05, 3.63) is 57.8 Å². The third kappa shape index (κ3) is 3.04. The summed E-state index contributed by atoms with van der Waals surface area (Å²) >= 11 is 1.46. The second-order valence-corrected chi connectivity index (χ2v) is 7.69. The van der Waals surface area contributed by atoms with Crippen molar-refractivity contribution in [2.75, 3.05) is 11.6 Å². The van der Waals surface area contributed by atoms with Crippen LogP contribution in [0.1, 0.15) is 40.9 Å². The number of fused-ring (bicyclic) bond motifs is 1. The van der Waals surface area contributed by atoms with Gasteiger partial charge in [0.25, 0.3) is 0 Å². The highest BCUT2D eigenvalue weighted by Crippen LogP contribution is 2.38. The van der Waals surface area contributed by atoms with E-state index in [2.05, 4.69) is 43.9 Å². The van der Waals surface area contributed by atoms with Crippen LogP contribution < -0.4 is 4.90 Å². The van der Waals surface area contributed by atoms with E-state index < -0.39 is 0 Å². The molecule has 0 spiro atoms. The number of rotatable bonds is 3. The zero-order chi connectivity index (χ0) is 16.6. The van der Waals surface area contributed by atoms with E-state index in [1.165, 1.54) is 22.5 Å². The molecule has 0 atom stereocenters. The standard InChI is InChI=1S/C19H21NO2S/c1-13-11-19(3,4)20(16-8-6-5-7-15(13)16)12-22-18(21)17-10-9-14(2)23-17/h5-11H,12H2,1-4H3. The average Bonchev–Trinajstić information content (AvgIpc) is 2.93. The number of thiophene rings is 1. The van der Waals surface area contributed by atoms with Gasteiger partial charge >= 0.3 is 5.97 Å². The van der Waals surface area contributed by atoms with Gasteiger partial charge in [0.2, 0.25) is 0 Å². The SMILES string of the molecule is CC1=CC(C)(C)N(COC(=O)c2ccc(C)s2)c2ccccc21. The van der Waals surface area contributed by atoms with Gasteiger partial charge < -0.3 is 9.64 Å². The maximum atomic E-state index is 12.2. The number of esters is 1. The molecule has 0 radical (unpaired) electrons. The molecular formula is C19H21NO2S. The van der Waals surface area contributed by atoms with E-state index in [4.69, 9.17) is 4.74 Å². The zero-order valence-corrected chi connectivity index (χ0v) is 14.7. The lowest BCUT2D eigenvalue weighted by molar-refractivity contribution is 0.0496. The van der Waals surface area contributed by atoms with Crippen LogP contribution in [0.2, 0.25) is 0 Å². The molecule has 1 aromatic heterocycles. The van der Waals surface area contributed by atoms with Crippen LogP contribution in [0.4, 0.5) is 5.69 Å². The van der Waals surface area contributed by atoms with Crippen LogP contribution in [-0.2, 0) is 4.74 Å². The van der Waals surface area contributed by atoms with Gasteiger partial charge in [0.15, 0.2) is 6.73 Å². The lowest BCUT2D eigenvalue weighted by Crippen LogP contribution is -2.46. The Morgan fingerprint density at radius 2 is 1.91 bits per heavy atom. The summed E-state index contributed by atoms with van der Waals surface area (Å²) in [5, 5.41) is 0. The van der Waals surface area contributed by atoms with Gasteiger partial charge in [-0.15, -0.1) is 11.3 Å². The quantitative estimate of drug-likeness (QED) is 0.753. The molecule has 0 saturated heterocycles. The fourth-order valence-corrected chi connectivity index (χ4v) is 3.77. The van der Waals surface area contributed by atoms with E-state index in [0.29, 0.717) is 4.88 Å². The molecule has 23 heavy (non-hydrogen) atoms. The third-order valence-corrected chi connectivity index (χ3v) is 5.13. The van der Waals surface area contributed by atoms with E-state index in [1.807, 2.05) is 31.2 Å². The van der Waals surface area contributed by atoms with Crippen LogP contribution in [0.15, 0.2) is 42.5 Å². The molecule has 1 aromatic carbocycles. The first kappa shape index (κ1) is 15.8. The first-order valence-electron chi connectivity index (χ1n) is 7.68. The number of hydrogen-bond donors (Lipinski definition) is 0. The fraction of sp³-hybridized carbons (Fsp3) is 0.316. The molecule has 0 fully saturated rings. The minimum Gasteiger partial charge on any atom is -0.440 e. The highest BCUT2D eigenvalue weighted by atomic mass is 32.1. The molecule has 4 heteroatoms. The summed E-state index contributed by atoms with van der Waals surface area (Å²) in [6.07, 6.45) is 2.22. The summed E-state index contributed by atoms with van der Waals surface area (Å²) in [6, 6.07) is 12.0. The molecule has 120 valence electrons. The number of carbonyl (C=O) groups excluding carboxylic acids is 1. The van der Waals surface area contributed by atoms with E-state index in [9.17, 15) is 4.79 Å². The number of anilines is 1. The normalized spacial score (nSPS) is 15.8. The Labute approximate surface area is 141 Å². The predicted molar refractivity (Wildman–Crippen MR) is 96.0 cm³/mol. The van der Waals surface area contributed by atoms with Gasteiger partial charge in [0.1, 0.15) is 4.88 Å². The molecule has 0 bridgehead atoms. The number of nitrogens with zero attached hydrogens (tertiary/aromatic N) is 1. The van der Waals surface area contributed by atoms with Gasteiger partial charge in [-0.25, -0.2) is 4.79 Å². The van der Waals surface area contributed by atoms with Crippen molar-refractivity contribution in [3.63, 3.8) is 0 Å². The van der Waals surface area contributed by atoms with Gasteiger partial charge in [-0.3, -0.25) is 0 Å². The highest BCUT2D eigenvalue weighted by molar-refractivity contribution is 7.13. The predicted octanol–water partition coefficient (Wildman–Crippen LogP) is 4.87. The number of aryl methyl sites for hydroxylation is 1. The molecule has 0 unspecified atom stereocenters. The van der Waals surface area contributed by atoms with Crippen LogP contribution in [0.5, 0.6) is 0 Å². The fourth-order valence-electron chi connectivity index (χ4n) is 3.01. The molecular weight excluding hydrogens is 306 g/mol. The zero-order valence-electron chi connectivity index (χ0n) is 13.9. The molecule has 1 aliphatic heterocycles. The maximum Gasteiger partial charge on any atom is 0.350 e. The molecule has 2 heterocycles. The van der Waals surface area contributed by atoms with Crippen LogP contribution >= 0.6 is 11.3 Å². The number of benzene rings is 1. The van der Waals surface area contributed by atoms with Crippen molar-refractivity contribution in [2.45, 2.75) is 33.2 Å². The molecule has 2 aromatic rings. The summed E-state index contributed by atoms with van der Waals surface area (Å²) in [7, 11) is 0. The van der Waals surface area contributed by atoms with E-state index in [1.54, 1.807) is 0 Å². The highest BCUT2D eigenvalue weighted by Gasteiger charge is 2.31.